The summed E-state index contributed by atoms with van der Waals surface area (Å²) in [5, 5.41) is 4.43. The molecule has 4 rings (SSSR count). The molecule has 0 aromatic heterocycles. The molecular formula is C25H22Cl2N2O. The van der Waals surface area contributed by atoms with Gasteiger partial charge in [-0.25, -0.2) is 0 Å². The zero-order valence-electron chi connectivity index (χ0n) is 16.8. The minimum Gasteiger partial charge on any atom is -0.351 e. The second-order valence-corrected chi connectivity index (χ2v) is 8.51. The van der Waals surface area contributed by atoms with Gasteiger partial charge in [0, 0.05) is 21.4 Å². The molecule has 1 amide bonds. The van der Waals surface area contributed by atoms with E-state index in [1.165, 1.54) is 5.56 Å². The Balaban J connectivity index is 1.73. The number of rotatable bonds is 5. The summed E-state index contributed by atoms with van der Waals surface area (Å²) >= 11 is 12.3. The summed E-state index contributed by atoms with van der Waals surface area (Å²) in [6, 6.07) is 22.9. The lowest BCUT2D eigenvalue weighted by atomic mass is 9.99. The van der Waals surface area contributed by atoms with Crippen LogP contribution in [0.15, 0.2) is 84.6 Å². The average molecular weight is 437 g/mol. The number of nitrogens with zero attached hydrogens (tertiary/aromatic N) is 1. The van der Waals surface area contributed by atoms with Gasteiger partial charge in [0.15, 0.2) is 0 Å². The average Bonchev–Trinajstić information content (AvgIpc) is 3.04. The fourth-order valence-corrected chi connectivity index (χ4v) is 3.98. The molecule has 0 radical (unpaired) electrons. The summed E-state index contributed by atoms with van der Waals surface area (Å²) in [7, 11) is 0. The van der Waals surface area contributed by atoms with E-state index in [0.717, 1.165) is 16.9 Å². The molecule has 1 heterocycles. The summed E-state index contributed by atoms with van der Waals surface area (Å²) in [5.74, 6) is 0.332. The second-order valence-electron chi connectivity index (χ2n) is 7.64. The van der Waals surface area contributed by atoms with Crippen molar-refractivity contribution in [2.75, 3.05) is 10.2 Å². The molecule has 30 heavy (non-hydrogen) atoms. The first-order valence-electron chi connectivity index (χ1n) is 9.86. The zero-order chi connectivity index (χ0) is 21.3. The second kappa shape index (κ2) is 8.55. The number of anilines is 2. The van der Waals surface area contributed by atoms with Gasteiger partial charge in [-0.1, -0.05) is 73.4 Å². The zero-order valence-corrected chi connectivity index (χ0v) is 18.3. The van der Waals surface area contributed by atoms with Crippen LogP contribution in [0.2, 0.25) is 10.0 Å². The Morgan fingerprint density at radius 3 is 2.20 bits per heavy atom. The molecule has 0 saturated carbocycles. The van der Waals surface area contributed by atoms with E-state index in [2.05, 4.69) is 43.4 Å². The molecule has 0 spiro atoms. The van der Waals surface area contributed by atoms with Crippen LogP contribution in [0, 0.1) is 0 Å². The molecule has 1 aliphatic heterocycles. The Kier molecular flexibility index (Phi) is 5.85. The first-order chi connectivity index (χ1) is 14.4. The quantitative estimate of drug-likeness (QED) is 0.458. The summed E-state index contributed by atoms with van der Waals surface area (Å²) in [5.41, 5.74) is 4.33. The highest BCUT2D eigenvalue weighted by molar-refractivity contribution is 6.31. The molecule has 3 aromatic carbocycles. The van der Waals surface area contributed by atoms with Gasteiger partial charge in [-0.15, -0.1) is 0 Å². The molecule has 5 heteroatoms. The highest BCUT2D eigenvalue weighted by Gasteiger charge is 2.35. The van der Waals surface area contributed by atoms with Crippen molar-refractivity contribution in [1.82, 2.24) is 0 Å². The Morgan fingerprint density at radius 2 is 1.57 bits per heavy atom. The molecular weight excluding hydrogens is 415 g/mol. The van der Waals surface area contributed by atoms with Gasteiger partial charge in [0.2, 0.25) is 0 Å². The monoisotopic (exact) mass is 436 g/mol. The predicted molar refractivity (Wildman–Crippen MR) is 125 cm³/mol. The van der Waals surface area contributed by atoms with Crippen molar-refractivity contribution in [2.24, 2.45) is 0 Å². The summed E-state index contributed by atoms with van der Waals surface area (Å²) in [6.07, 6.45) is 1.95. The smallest absolute Gasteiger partial charge is 0.275 e. The maximum atomic E-state index is 13.4. The highest BCUT2D eigenvalue weighted by Crippen LogP contribution is 2.37. The van der Waals surface area contributed by atoms with Crippen molar-refractivity contribution in [3.05, 3.63) is 106 Å². The van der Waals surface area contributed by atoms with Crippen molar-refractivity contribution in [1.29, 1.82) is 0 Å². The van der Waals surface area contributed by atoms with Crippen molar-refractivity contribution >= 4 is 40.5 Å². The topological polar surface area (TPSA) is 32.3 Å². The minimum atomic E-state index is -0.237. The Labute approximate surface area is 186 Å². The van der Waals surface area contributed by atoms with Crippen LogP contribution in [0.4, 0.5) is 11.4 Å². The van der Waals surface area contributed by atoms with Crippen LogP contribution in [-0.4, -0.2) is 5.91 Å². The van der Waals surface area contributed by atoms with Crippen LogP contribution in [0.5, 0.6) is 0 Å². The van der Waals surface area contributed by atoms with E-state index in [-0.39, 0.29) is 11.9 Å². The number of nitrogens with one attached hydrogen (secondary N) is 1. The van der Waals surface area contributed by atoms with Gasteiger partial charge in [-0.2, -0.15) is 0 Å². The van der Waals surface area contributed by atoms with Crippen LogP contribution in [0.25, 0.3) is 0 Å². The molecule has 1 aliphatic rings. The molecule has 0 saturated heterocycles. The molecule has 1 unspecified atom stereocenters. The summed E-state index contributed by atoms with van der Waals surface area (Å²) in [4.78, 5) is 15.2. The van der Waals surface area contributed by atoms with E-state index < -0.39 is 0 Å². The number of benzene rings is 3. The van der Waals surface area contributed by atoms with Crippen LogP contribution < -0.4 is 10.2 Å². The third-order valence-corrected chi connectivity index (χ3v) is 5.66. The normalized spacial score (nSPS) is 16.2. The molecule has 3 nitrogen and oxygen atoms in total. The van der Waals surface area contributed by atoms with Crippen LogP contribution in [0.1, 0.15) is 36.9 Å². The predicted octanol–water partition coefficient (Wildman–Crippen LogP) is 7.20. The van der Waals surface area contributed by atoms with E-state index in [9.17, 15) is 4.79 Å². The highest BCUT2D eigenvalue weighted by atomic mass is 35.5. The van der Waals surface area contributed by atoms with Crippen molar-refractivity contribution in [3.8, 4) is 0 Å². The standard InChI is InChI=1S/C25H22Cl2N2O/c1-16(2)17-9-11-18(12-10-17)24-15-23(28-21-7-3-5-19(26)13-21)25(30)29(24)22-8-4-6-20(27)14-22/h3-16,24,28H,1-2H3. The lowest BCUT2D eigenvalue weighted by molar-refractivity contribution is -0.114. The van der Waals surface area contributed by atoms with Gasteiger partial charge in [0.1, 0.15) is 5.70 Å². The van der Waals surface area contributed by atoms with Gasteiger partial charge >= 0.3 is 0 Å². The first-order valence-corrected chi connectivity index (χ1v) is 10.6. The minimum absolute atomic E-state index is 0.116. The molecule has 0 fully saturated rings. The molecule has 0 aliphatic carbocycles. The lowest BCUT2D eigenvalue weighted by Gasteiger charge is -2.25. The van der Waals surface area contributed by atoms with Crippen molar-refractivity contribution in [2.45, 2.75) is 25.8 Å². The molecule has 3 aromatic rings. The summed E-state index contributed by atoms with van der Waals surface area (Å²) < 4.78 is 0. The van der Waals surface area contributed by atoms with Crippen molar-refractivity contribution < 1.29 is 4.79 Å². The summed E-state index contributed by atoms with van der Waals surface area (Å²) in [6.45, 7) is 4.33. The number of hydrogen-bond donors (Lipinski definition) is 1. The van der Waals surface area contributed by atoms with E-state index in [0.29, 0.717) is 21.7 Å². The van der Waals surface area contributed by atoms with Gasteiger partial charge in [-0.05, 0) is 59.5 Å². The largest absolute Gasteiger partial charge is 0.351 e. The van der Waals surface area contributed by atoms with Crippen LogP contribution >= 0.6 is 23.2 Å². The first kappa shape index (κ1) is 20.5. The van der Waals surface area contributed by atoms with Gasteiger partial charge < -0.3 is 5.32 Å². The maximum Gasteiger partial charge on any atom is 0.275 e. The molecule has 1 atom stereocenters. The SMILES string of the molecule is CC(C)c1ccc(C2C=C(Nc3cccc(Cl)c3)C(=O)N2c2cccc(Cl)c2)cc1. The molecule has 1 N–H and O–H groups in total. The number of hydrogen-bond acceptors (Lipinski definition) is 2. The molecule has 152 valence electrons. The van der Waals surface area contributed by atoms with E-state index >= 15 is 0 Å². The Bertz CT molecular complexity index is 1110. The Morgan fingerprint density at radius 1 is 0.900 bits per heavy atom. The van der Waals surface area contributed by atoms with E-state index in [1.54, 1.807) is 23.1 Å². The third-order valence-electron chi connectivity index (χ3n) is 5.19. The molecule has 0 bridgehead atoms. The van der Waals surface area contributed by atoms with Gasteiger partial charge in [0.25, 0.3) is 5.91 Å². The Hall–Kier alpha value is -2.75. The third kappa shape index (κ3) is 4.23. The lowest BCUT2D eigenvalue weighted by Crippen LogP contribution is -2.30. The van der Waals surface area contributed by atoms with E-state index in [1.807, 2.05) is 36.4 Å². The van der Waals surface area contributed by atoms with Crippen LogP contribution in [-0.2, 0) is 4.79 Å². The number of carbonyl (C=O) groups excluding carboxylic acids is 1. The number of amides is 1. The fourth-order valence-electron chi connectivity index (χ4n) is 3.60. The maximum absolute atomic E-state index is 13.4. The number of halogens is 2. The van der Waals surface area contributed by atoms with E-state index in [4.69, 9.17) is 23.2 Å². The van der Waals surface area contributed by atoms with Gasteiger partial charge in [0.05, 0.1) is 6.04 Å². The van der Waals surface area contributed by atoms with Crippen molar-refractivity contribution in [3.63, 3.8) is 0 Å². The van der Waals surface area contributed by atoms with Crippen LogP contribution in [0.3, 0.4) is 0 Å². The number of carbonyl (C=O) groups is 1. The fraction of sp³-hybridized carbons (Fsp3) is 0.160. The van der Waals surface area contributed by atoms with Gasteiger partial charge in [-0.3, -0.25) is 9.69 Å².